The van der Waals surface area contributed by atoms with E-state index in [-0.39, 0.29) is 0 Å². The number of nitrogens with zero attached hydrogens (tertiary/aromatic N) is 1. The number of hydrogen-bond donors (Lipinski definition) is 2. The zero-order valence-corrected chi connectivity index (χ0v) is 7.38. The van der Waals surface area contributed by atoms with Crippen molar-refractivity contribution in [3.63, 3.8) is 0 Å². The van der Waals surface area contributed by atoms with Crippen molar-refractivity contribution in [1.82, 2.24) is 10.3 Å². The van der Waals surface area contributed by atoms with Gasteiger partial charge >= 0.3 is 0 Å². The van der Waals surface area contributed by atoms with E-state index in [1.165, 1.54) is 5.56 Å². The van der Waals surface area contributed by atoms with Crippen molar-refractivity contribution in [2.45, 2.75) is 6.04 Å². The summed E-state index contributed by atoms with van der Waals surface area (Å²) >= 11 is 4.22. The highest BCUT2D eigenvalue weighted by atomic mass is 32.1. The van der Waals surface area contributed by atoms with E-state index in [1.807, 2.05) is 19.2 Å². The molecule has 1 N–H and O–H groups in total. The number of thiol groups is 1. The van der Waals surface area contributed by atoms with Crippen LogP contribution in [0.4, 0.5) is 0 Å². The summed E-state index contributed by atoms with van der Waals surface area (Å²) in [6.45, 7) is 0. The summed E-state index contributed by atoms with van der Waals surface area (Å²) in [5.41, 5.74) is 1.23. The minimum Gasteiger partial charge on any atom is -0.312 e. The first-order chi connectivity index (χ1) is 5.38. The van der Waals surface area contributed by atoms with Gasteiger partial charge in [-0.05, 0) is 24.7 Å². The van der Waals surface area contributed by atoms with E-state index in [4.69, 9.17) is 0 Å². The molecule has 2 nitrogen and oxygen atoms in total. The van der Waals surface area contributed by atoms with Crippen LogP contribution in [-0.2, 0) is 0 Å². The van der Waals surface area contributed by atoms with Gasteiger partial charge in [0, 0.05) is 24.2 Å². The first-order valence-corrected chi connectivity index (χ1v) is 4.19. The van der Waals surface area contributed by atoms with Crippen molar-refractivity contribution in [3.8, 4) is 0 Å². The zero-order chi connectivity index (χ0) is 8.10. The van der Waals surface area contributed by atoms with Crippen molar-refractivity contribution in [3.05, 3.63) is 30.1 Å². The van der Waals surface area contributed by atoms with E-state index in [0.717, 1.165) is 5.75 Å². The molecule has 0 aliphatic rings. The van der Waals surface area contributed by atoms with Crippen LogP contribution in [0.1, 0.15) is 11.6 Å². The van der Waals surface area contributed by atoms with Gasteiger partial charge in [-0.1, -0.05) is 0 Å². The number of nitrogens with one attached hydrogen (secondary N) is 1. The highest BCUT2D eigenvalue weighted by Crippen LogP contribution is 2.11. The third-order valence-corrected chi connectivity index (χ3v) is 2.00. The molecular formula is C8H12N2S. The number of rotatable bonds is 3. The maximum Gasteiger partial charge on any atom is 0.0408 e. The van der Waals surface area contributed by atoms with Gasteiger partial charge in [0.25, 0.3) is 0 Å². The van der Waals surface area contributed by atoms with Gasteiger partial charge in [-0.25, -0.2) is 0 Å². The normalized spacial score (nSPS) is 12.9. The molecule has 0 amide bonds. The van der Waals surface area contributed by atoms with E-state index in [1.54, 1.807) is 12.4 Å². The van der Waals surface area contributed by atoms with E-state index in [0.29, 0.717) is 6.04 Å². The third-order valence-electron chi connectivity index (χ3n) is 1.64. The summed E-state index contributed by atoms with van der Waals surface area (Å²) in [5.74, 6) is 0.806. The molecule has 1 aromatic rings. The average Bonchev–Trinajstić information content (AvgIpc) is 2.09. The van der Waals surface area contributed by atoms with E-state index in [9.17, 15) is 0 Å². The predicted octanol–water partition coefficient (Wildman–Crippen LogP) is 1.27. The Hall–Kier alpha value is -0.540. The molecule has 1 rings (SSSR count). The Morgan fingerprint density at radius 3 is 2.64 bits per heavy atom. The van der Waals surface area contributed by atoms with Crippen molar-refractivity contribution in [2.24, 2.45) is 0 Å². The summed E-state index contributed by atoms with van der Waals surface area (Å²) in [7, 11) is 1.93. The molecular weight excluding hydrogens is 156 g/mol. The second-order valence-corrected chi connectivity index (χ2v) is 2.67. The smallest absolute Gasteiger partial charge is 0.0408 e. The molecule has 3 heteroatoms. The minimum absolute atomic E-state index is 0.335. The highest BCUT2D eigenvalue weighted by Gasteiger charge is 2.04. The largest absolute Gasteiger partial charge is 0.312 e. The topological polar surface area (TPSA) is 24.9 Å². The Morgan fingerprint density at radius 2 is 2.18 bits per heavy atom. The fourth-order valence-corrected chi connectivity index (χ4v) is 1.35. The molecule has 0 saturated carbocycles. The van der Waals surface area contributed by atoms with Crippen LogP contribution in [-0.4, -0.2) is 17.8 Å². The third kappa shape index (κ3) is 2.20. The zero-order valence-electron chi connectivity index (χ0n) is 6.49. The molecule has 1 unspecified atom stereocenters. The maximum atomic E-state index is 4.22. The molecule has 0 radical (unpaired) electrons. The van der Waals surface area contributed by atoms with Crippen LogP contribution in [0.25, 0.3) is 0 Å². The Morgan fingerprint density at radius 1 is 1.55 bits per heavy atom. The standard InChI is InChI=1S/C8H12N2S/c1-9-8(6-11)7-2-4-10-5-3-7/h2-5,8-9,11H,6H2,1H3. The van der Waals surface area contributed by atoms with Gasteiger partial charge in [0.15, 0.2) is 0 Å². The van der Waals surface area contributed by atoms with Crippen molar-refractivity contribution >= 4 is 12.6 Å². The van der Waals surface area contributed by atoms with E-state index in [2.05, 4.69) is 22.9 Å². The Labute approximate surface area is 72.5 Å². The second kappa shape index (κ2) is 4.36. The summed E-state index contributed by atoms with van der Waals surface area (Å²) < 4.78 is 0. The lowest BCUT2D eigenvalue weighted by Crippen LogP contribution is -2.17. The second-order valence-electron chi connectivity index (χ2n) is 2.30. The van der Waals surface area contributed by atoms with Gasteiger partial charge in [0.05, 0.1) is 0 Å². The van der Waals surface area contributed by atoms with Crippen LogP contribution < -0.4 is 5.32 Å². The van der Waals surface area contributed by atoms with Gasteiger partial charge in [-0.2, -0.15) is 12.6 Å². The Balaban J connectivity index is 2.74. The average molecular weight is 168 g/mol. The van der Waals surface area contributed by atoms with Gasteiger partial charge < -0.3 is 5.32 Å². The number of aromatic nitrogens is 1. The van der Waals surface area contributed by atoms with Crippen molar-refractivity contribution in [2.75, 3.05) is 12.8 Å². The molecule has 0 bridgehead atoms. The number of hydrogen-bond acceptors (Lipinski definition) is 3. The quantitative estimate of drug-likeness (QED) is 0.664. The van der Waals surface area contributed by atoms with Gasteiger partial charge in [0.2, 0.25) is 0 Å². The minimum atomic E-state index is 0.335. The van der Waals surface area contributed by atoms with Gasteiger partial charge in [0.1, 0.15) is 0 Å². The molecule has 1 aromatic heterocycles. The Kier molecular flexibility index (Phi) is 3.39. The molecule has 0 aliphatic carbocycles. The fourth-order valence-electron chi connectivity index (χ4n) is 0.959. The monoisotopic (exact) mass is 168 g/mol. The molecule has 60 valence electrons. The molecule has 1 atom stereocenters. The van der Waals surface area contributed by atoms with Crippen LogP contribution in [0.3, 0.4) is 0 Å². The van der Waals surface area contributed by atoms with Crippen LogP contribution >= 0.6 is 12.6 Å². The van der Waals surface area contributed by atoms with Crippen LogP contribution in [0.2, 0.25) is 0 Å². The summed E-state index contributed by atoms with van der Waals surface area (Å²) in [6, 6.07) is 4.33. The van der Waals surface area contributed by atoms with Gasteiger partial charge in [-0.3, -0.25) is 4.98 Å². The lowest BCUT2D eigenvalue weighted by Gasteiger charge is -2.12. The summed E-state index contributed by atoms with van der Waals surface area (Å²) in [6.07, 6.45) is 3.59. The molecule has 0 aromatic carbocycles. The maximum absolute atomic E-state index is 4.22. The molecule has 1 heterocycles. The molecule has 0 fully saturated rings. The molecule has 0 saturated heterocycles. The fraction of sp³-hybridized carbons (Fsp3) is 0.375. The van der Waals surface area contributed by atoms with Crippen molar-refractivity contribution < 1.29 is 0 Å². The van der Waals surface area contributed by atoms with Crippen molar-refractivity contribution in [1.29, 1.82) is 0 Å². The first-order valence-electron chi connectivity index (χ1n) is 3.56. The Bertz CT molecular complexity index is 197. The summed E-state index contributed by atoms with van der Waals surface area (Å²) in [4.78, 5) is 3.94. The number of pyridine rings is 1. The lowest BCUT2D eigenvalue weighted by atomic mass is 10.1. The van der Waals surface area contributed by atoms with Crippen LogP contribution in [0, 0.1) is 0 Å². The predicted molar refractivity (Wildman–Crippen MR) is 49.9 cm³/mol. The molecule has 0 aliphatic heterocycles. The highest BCUT2D eigenvalue weighted by molar-refractivity contribution is 7.80. The van der Waals surface area contributed by atoms with E-state index >= 15 is 0 Å². The summed E-state index contributed by atoms with van der Waals surface area (Å²) in [5, 5.41) is 3.16. The van der Waals surface area contributed by atoms with Gasteiger partial charge in [-0.15, -0.1) is 0 Å². The lowest BCUT2D eigenvalue weighted by molar-refractivity contribution is 0.662. The van der Waals surface area contributed by atoms with E-state index < -0.39 is 0 Å². The first kappa shape index (κ1) is 8.56. The molecule has 11 heavy (non-hydrogen) atoms. The van der Waals surface area contributed by atoms with Crippen LogP contribution in [0.15, 0.2) is 24.5 Å². The molecule has 0 spiro atoms. The SMILES string of the molecule is CNC(CS)c1ccncc1. The van der Waals surface area contributed by atoms with Crippen LogP contribution in [0.5, 0.6) is 0 Å².